The van der Waals surface area contributed by atoms with Crippen LogP contribution in [0.5, 0.6) is 5.88 Å². The van der Waals surface area contributed by atoms with Gasteiger partial charge in [0, 0.05) is 25.2 Å². The van der Waals surface area contributed by atoms with Crippen LogP contribution in [0.4, 0.5) is 5.82 Å². The maximum atomic E-state index is 5.65. The summed E-state index contributed by atoms with van der Waals surface area (Å²) in [7, 11) is 3.59. The predicted molar refractivity (Wildman–Crippen MR) is 85.2 cm³/mol. The number of methoxy groups -OCH3 is 1. The van der Waals surface area contributed by atoms with Crippen molar-refractivity contribution in [2.75, 3.05) is 19.1 Å². The number of nitrogens with two attached hydrogens (primary N) is 1. The van der Waals surface area contributed by atoms with Crippen molar-refractivity contribution in [3.05, 3.63) is 53.6 Å². The second-order valence-electron chi connectivity index (χ2n) is 4.46. The number of thiocarbonyl (C=S) groups is 1. The van der Waals surface area contributed by atoms with Crippen molar-refractivity contribution in [2.24, 2.45) is 5.73 Å². The monoisotopic (exact) mass is 287 g/mol. The van der Waals surface area contributed by atoms with Crippen LogP contribution in [-0.2, 0) is 6.54 Å². The molecule has 1 aromatic heterocycles. The molecule has 0 aliphatic heterocycles. The number of ether oxygens (including phenoxy) is 1. The van der Waals surface area contributed by atoms with Gasteiger partial charge in [-0.25, -0.2) is 0 Å². The molecule has 0 spiro atoms. The zero-order valence-electron chi connectivity index (χ0n) is 11.5. The zero-order valence-corrected chi connectivity index (χ0v) is 12.4. The summed E-state index contributed by atoms with van der Waals surface area (Å²) in [4.78, 5) is 6.85. The van der Waals surface area contributed by atoms with Crippen LogP contribution in [0.2, 0.25) is 0 Å². The van der Waals surface area contributed by atoms with Gasteiger partial charge in [-0.3, -0.25) is 0 Å². The topological polar surface area (TPSA) is 51.4 Å². The number of hydrogen-bond donors (Lipinski definition) is 1. The van der Waals surface area contributed by atoms with Gasteiger partial charge in [0.2, 0.25) is 5.88 Å². The van der Waals surface area contributed by atoms with Gasteiger partial charge in [0.1, 0.15) is 10.8 Å². The minimum absolute atomic E-state index is 0.411. The molecule has 2 aromatic rings. The summed E-state index contributed by atoms with van der Waals surface area (Å²) in [6, 6.07) is 13.6. The van der Waals surface area contributed by atoms with Crippen LogP contribution in [0.3, 0.4) is 0 Å². The second-order valence-corrected chi connectivity index (χ2v) is 4.90. The third-order valence-electron chi connectivity index (χ3n) is 2.94. The van der Waals surface area contributed by atoms with Gasteiger partial charge in [-0.05, 0) is 17.7 Å². The fourth-order valence-electron chi connectivity index (χ4n) is 1.91. The molecule has 0 unspecified atom stereocenters. The van der Waals surface area contributed by atoms with E-state index >= 15 is 0 Å². The lowest BCUT2D eigenvalue weighted by molar-refractivity contribution is 0.398. The fourth-order valence-corrected chi connectivity index (χ4v) is 2.03. The van der Waals surface area contributed by atoms with Crippen molar-refractivity contribution >= 4 is 23.0 Å². The molecule has 104 valence electrons. The Hall–Kier alpha value is -2.14. The molecule has 0 amide bonds. The number of aromatic nitrogens is 1. The number of anilines is 1. The summed E-state index contributed by atoms with van der Waals surface area (Å²) >= 11 is 5.00. The Bertz CT molecular complexity index is 616. The number of nitrogens with zero attached hydrogens (tertiary/aromatic N) is 2. The molecular weight excluding hydrogens is 270 g/mol. The summed E-state index contributed by atoms with van der Waals surface area (Å²) in [5, 5.41) is 0. The normalized spacial score (nSPS) is 10.1. The van der Waals surface area contributed by atoms with Crippen LogP contribution < -0.4 is 15.4 Å². The third kappa shape index (κ3) is 3.45. The first-order chi connectivity index (χ1) is 9.60. The summed E-state index contributed by atoms with van der Waals surface area (Å²) in [6.07, 6.45) is 0. The molecule has 2 N–H and O–H groups in total. The van der Waals surface area contributed by atoms with Crippen molar-refractivity contribution in [1.82, 2.24) is 4.98 Å². The van der Waals surface area contributed by atoms with Crippen LogP contribution in [-0.4, -0.2) is 24.1 Å². The molecule has 0 fully saturated rings. The lowest BCUT2D eigenvalue weighted by Crippen LogP contribution is -2.18. The van der Waals surface area contributed by atoms with E-state index in [1.165, 1.54) is 0 Å². The summed E-state index contributed by atoms with van der Waals surface area (Å²) < 4.78 is 5.13. The molecule has 0 bridgehead atoms. The molecule has 1 heterocycles. The quantitative estimate of drug-likeness (QED) is 0.856. The predicted octanol–water partition coefficient (Wildman–Crippen LogP) is 2.36. The number of pyridine rings is 1. The van der Waals surface area contributed by atoms with Crippen LogP contribution in [0.15, 0.2) is 42.5 Å². The maximum Gasteiger partial charge on any atom is 0.214 e. The largest absolute Gasteiger partial charge is 0.481 e. The lowest BCUT2D eigenvalue weighted by atomic mass is 10.1. The van der Waals surface area contributed by atoms with E-state index in [0.29, 0.717) is 10.9 Å². The number of benzene rings is 1. The zero-order chi connectivity index (χ0) is 14.5. The lowest BCUT2D eigenvalue weighted by Gasteiger charge is -2.19. The molecule has 0 radical (unpaired) electrons. The number of hydrogen-bond acceptors (Lipinski definition) is 4. The Kier molecular flexibility index (Phi) is 4.53. The van der Waals surface area contributed by atoms with Crippen LogP contribution in [0.25, 0.3) is 0 Å². The maximum absolute atomic E-state index is 5.65. The van der Waals surface area contributed by atoms with E-state index in [-0.39, 0.29) is 0 Å². The highest BCUT2D eigenvalue weighted by Gasteiger charge is 2.06. The first kappa shape index (κ1) is 14.3. The average molecular weight is 287 g/mol. The van der Waals surface area contributed by atoms with E-state index in [1.807, 2.05) is 54.4 Å². The van der Waals surface area contributed by atoms with Crippen LogP contribution in [0, 0.1) is 0 Å². The highest BCUT2D eigenvalue weighted by atomic mass is 32.1. The molecule has 2 rings (SSSR count). The van der Waals surface area contributed by atoms with Gasteiger partial charge in [0.05, 0.1) is 7.11 Å². The Balaban J connectivity index is 2.16. The van der Waals surface area contributed by atoms with Gasteiger partial charge in [0.15, 0.2) is 0 Å². The second kappa shape index (κ2) is 6.34. The highest BCUT2D eigenvalue weighted by molar-refractivity contribution is 7.80. The van der Waals surface area contributed by atoms with Gasteiger partial charge < -0.3 is 15.4 Å². The SMILES string of the molecule is COc1cccc(N(C)Cc2cccc(C(N)=S)c2)n1. The molecule has 0 saturated carbocycles. The van der Waals surface area contributed by atoms with Gasteiger partial charge in [-0.15, -0.1) is 0 Å². The Morgan fingerprint density at radius 2 is 2.05 bits per heavy atom. The van der Waals surface area contributed by atoms with Gasteiger partial charge in [0.25, 0.3) is 0 Å². The molecule has 0 saturated heterocycles. The third-order valence-corrected chi connectivity index (χ3v) is 3.18. The standard InChI is InChI=1S/C15H17N3OS/c1-18(13-7-4-8-14(17-13)19-2)10-11-5-3-6-12(9-11)15(16)20/h3-9H,10H2,1-2H3,(H2,16,20). The summed E-state index contributed by atoms with van der Waals surface area (Å²) in [6.45, 7) is 0.719. The van der Waals surface area contributed by atoms with Gasteiger partial charge in [-0.1, -0.05) is 36.5 Å². The van der Waals surface area contributed by atoms with Crippen LogP contribution >= 0.6 is 12.2 Å². The van der Waals surface area contributed by atoms with Crippen molar-refractivity contribution in [3.63, 3.8) is 0 Å². The van der Waals surface area contributed by atoms with E-state index in [9.17, 15) is 0 Å². The first-order valence-corrected chi connectivity index (χ1v) is 6.62. The van der Waals surface area contributed by atoms with E-state index in [1.54, 1.807) is 7.11 Å². The average Bonchev–Trinajstić information content (AvgIpc) is 2.47. The molecule has 4 nitrogen and oxygen atoms in total. The molecule has 20 heavy (non-hydrogen) atoms. The van der Waals surface area contributed by atoms with E-state index in [4.69, 9.17) is 22.7 Å². The summed E-state index contributed by atoms with van der Waals surface area (Å²) in [5.41, 5.74) is 7.66. The summed E-state index contributed by atoms with van der Waals surface area (Å²) in [5.74, 6) is 1.45. The molecule has 5 heteroatoms. The molecular formula is C15H17N3OS. The van der Waals surface area contributed by atoms with Crippen molar-refractivity contribution in [3.8, 4) is 5.88 Å². The molecule has 0 atom stereocenters. The van der Waals surface area contributed by atoms with E-state index in [0.717, 1.165) is 23.5 Å². The molecule has 0 aliphatic rings. The van der Waals surface area contributed by atoms with Crippen molar-refractivity contribution < 1.29 is 4.74 Å². The first-order valence-electron chi connectivity index (χ1n) is 6.21. The van der Waals surface area contributed by atoms with Crippen molar-refractivity contribution in [1.29, 1.82) is 0 Å². The Morgan fingerprint density at radius 1 is 1.30 bits per heavy atom. The van der Waals surface area contributed by atoms with E-state index < -0.39 is 0 Å². The fraction of sp³-hybridized carbons (Fsp3) is 0.200. The van der Waals surface area contributed by atoms with E-state index in [2.05, 4.69) is 4.98 Å². The smallest absolute Gasteiger partial charge is 0.214 e. The van der Waals surface area contributed by atoms with Crippen molar-refractivity contribution in [2.45, 2.75) is 6.54 Å². The molecule has 0 aliphatic carbocycles. The highest BCUT2D eigenvalue weighted by Crippen LogP contribution is 2.17. The minimum Gasteiger partial charge on any atom is -0.481 e. The van der Waals surface area contributed by atoms with Gasteiger partial charge >= 0.3 is 0 Å². The molecule has 1 aromatic carbocycles. The Morgan fingerprint density at radius 3 is 2.75 bits per heavy atom. The minimum atomic E-state index is 0.411. The van der Waals surface area contributed by atoms with Crippen LogP contribution in [0.1, 0.15) is 11.1 Å². The van der Waals surface area contributed by atoms with Gasteiger partial charge in [-0.2, -0.15) is 4.98 Å². The number of rotatable bonds is 5. The Labute approximate surface area is 124 Å².